The standard InChI is InChI=1S/C10H16Br6O3/c11-7(12)1-4-17-10(18-5-2-8(13)14)19-6-3-9(15)16/h7-10H,1-6H2. The minimum Gasteiger partial charge on any atom is -0.330 e. The zero-order valence-corrected chi connectivity index (χ0v) is 19.6. The molecule has 0 heterocycles. The fraction of sp³-hybridized carbons (Fsp3) is 1.00. The van der Waals surface area contributed by atoms with Gasteiger partial charge in [-0.05, 0) is 19.3 Å². The summed E-state index contributed by atoms with van der Waals surface area (Å²) in [6, 6.07) is 0. The third-order valence-electron chi connectivity index (χ3n) is 1.77. The molecule has 0 rings (SSSR count). The molecule has 0 saturated heterocycles. The van der Waals surface area contributed by atoms with Gasteiger partial charge in [0.2, 0.25) is 0 Å². The minimum atomic E-state index is -0.615. The van der Waals surface area contributed by atoms with Gasteiger partial charge >= 0.3 is 0 Å². The van der Waals surface area contributed by atoms with E-state index in [9.17, 15) is 0 Å². The van der Waals surface area contributed by atoms with Gasteiger partial charge in [-0.1, -0.05) is 95.6 Å². The minimum absolute atomic E-state index is 0.240. The van der Waals surface area contributed by atoms with Crippen molar-refractivity contribution in [3.8, 4) is 0 Å². The average molecular weight is 664 g/mol. The highest BCUT2D eigenvalue weighted by Gasteiger charge is 2.12. The smallest absolute Gasteiger partial charge is 0.271 e. The number of alkyl halides is 6. The quantitative estimate of drug-likeness (QED) is 0.194. The van der Waals surface area contributed by atoms with Crippen LogP contribution in [0.25, 0.3) is 0 Å². The highest BCUT2D eigenvalue weighted by atomic mass is 79.9. The van der Waals surface area contributed by atoms with E-state index in [1.807, 2.05) is 0 Å². The van der Waals surface area contributed by atoms with Gasteiger partial charge in [-0.15, -0.1) is 0 Å². The Balaban J connectivity index is 3.85. The Labute approximate surface area is 165 Å². The van der Waals surface area contributed by atoms with Crippen LogP contribution in [0.1, 0.15) is 19.3 Å². The molecule has 0 spiro atoms. The highest BCUT2D eigenvalue weighted by Crippen LogP contribution is 2.16. The van der Waals surface area contributed by atoms with Crippen molar-refractivity contribution in [1.82, 2.24) is 0 Å². The lowest BCUT2D eigenvalue weighted by molar-refractivity contribution is -0.287. The lowest BCUT2D eigenvalue weighted by Crippen LogP contribution is -2.24. The normalized spacial score (nSPS) is 12.3. The Hall–Kier alpha value is 2.76. The summed E-state index contributed by atoms with van der Waals surface area (Å²) in [6.07, 6.45) is 2.51. The summed E-state index contributed by atoms with van der Waals surface area (Å²) >= 11 is 20.4. The Morgan fingerprint density at radius 2 is 0.789 bits per heavy atom. The Bertz CT molecular complexity index is 172. The van der Waals surface area contributed by atoms with E-state index in [1.165, 1.54) is 0 Å². The molecule has 0 aromatic carbocycles. The van der Waals surface area contributed by atoms with E-state index in [2.05, 4.69) is 95.6 Å². The van der Waals surface area contributed by atoms with Crippen LogP contribution in [0.4, 0.5) is 0 Å². The molecule has 0 aliphatic rings. The van der Waals surface area contributed by atoms with Crippen molar-refractivity contribution in [2.45, 2.75) is 36.9 Å². The van der Waals surface area contributed by atoms with E-state index in [4.69, 9.17) is 14.2 Å². The van der Waals surface area contributed by atoms with Crippen molar-refractivity contribution in [2.24, 2.45) is 0 Å². The molecule has 0 radical (unpaired) electrons. The van der Waals surface area contributed by atoms with Crippen molar-refractivity contribution in [3.63, 3.8) is 0 Å². The second-order valence-corrected chi connectivity index (χ2v) is 13.8. The first-order chi connectivity index (χ1) is 8.91. The topological polar surface area (TPSA) is 27.7 Å². The highest BCUT2D eigenvalue weighted by molar-refractivity contribution is 9.25. The second-order valence-electron chi connectivity index (χ2n) is 3.44. The summed E-state index contributed by atoms with van der Waals surface area (Å²) in [4.78, 5) is 0. The monoisotopic (exact) mass is 658 g/mol. The second kappa shape index (κ2) is 14.4. The van der Waals surface area contributed by atoms with Gasteiger partial charge in [0.1, 0.15) is 0 Å². The lowest BCUT2D eigenvalue weighted by atomic mass is 10.5. The predicted octanol–water partition coefficient (Wildman–Crippen LogP) is 5.84. The van der Waals surface area contributed by atoms with Gasteiger partial charge in [0.05, 0.1) is 31.0 Å². The number of ether oxygens (including phenoxy) is 3. The number of rotatable bonds is 12. The molecule has 0 fully saturated rings. The first-order valence-corrected chi connectivity index (χ1v) is 11.1. The zero-order chi connectivity index (χ0) is 14.7. The molecule has 0 saturated carbocycles. The summed E-state index contributed by atoms with van der Waals surface area (Å²) in [5.41, 5.74) is 0. The van der Waals surface area contributed by atoms with Crippen LogP contribution < -0.4 is 0 Å². The molecule has 0 aliphatic carbocycles. The Kier molecular flexibility index (Phi) is 16.4. The molecule has 0 aromatic heterocycles. The number of hydrogen-bond acceptors (Lipinski definition) is 3. The van der Waals surface area contributed by atoms with E-state index >= 15 is 0 Å². The van der Waals surface area contributed by atoms with Crippen LogP contribution in [0.3, 0.4) is 0 Å². The summed E-state index contributed by atoms with van der Waals surface area (Å²) in [5.74, 6) is 0. The largest absolute Gasteiger partial charge is 0.330 e. The molecule has 0 aliphatic heterocycles. The summed E-state index contributed by atoms with van der Waals surface area (Å²) < 4.78 is 17.4. The Morgan fingerprint density at radius 3 is 1.00 bits per heavy atom. The van der Waals surface area contributed by atoms with Gasteiger partial charge in [0.25, 0.3) is 6.48 Å². The molecule has 0 N–H and O–H groups in total. The van der Waals surface area contributed by atoms with Crippen molar-refractivity contribution < 1.29 is 14.2 Å². The Morgan fingerprint density at radius 1 is 0.526 bits per heavy atom. The molecule has 0 aromatic rings. The fourth-order valence-electron chi connectivity index (χ4n) is 0.904. The third kappa shape index (κ3) is 17.0. The van der Waals surface area contributed by atoms with Crippen molar-refractivity contribution in [1.29, 1.82) is 0 Å². The van der Waals surface area contributed by atoms with Crippen LogP contribution in [0.15, 0.2) is 0 Å². The van der Waals surface area contributed by atoms with Crippen LogP contribution in [0.2, 0.25) is 0 Å². The van der Waals surface area contributed by atoms with Gasteiger partial charge in [-0.2, -0.15) is 0 Å². The third-order valence-corrected chi connectivity index (χ3v) is 4.52. The molecule has 19 heavy (non-hydrogen) atoms. The van der Waals surface area contributed by atoms with Crippen LogP contribution in [-0.2, 0) is 14.2 Å². The molecule has 0 bridgehead atoms. The maximum Gasteiger partial charge on any atom is 0.271 e. The SMILES string of the molecule is BrC(Br)CCOC(OCCC(Br)Br)OCCC(Br)Br. The van der Waals surface area contributed by atoms with Gasteiger partial charge in [0, 0.05) is 0 Å². The van der Waals surface area contributed by atoms with Crippen LogP contribution >= 0.6 is 95.6 Å². The molecular weight excluding hydrogens is 648 g/mol. The molecule has 0 amide bonds. The van der Waals surface area contributed by atoms with Gasteiger partial charge in [-0.3, -0.25) is 0 Å². The maximum absolute atomic E-state index is 5.55. The summed E-state index contributed by atoms with van der Waals surface area (Å²) in [6.45, 7) is 1.06. The van der Waals surface area contributed by atoms with Crippen LogP contribution in [0.5, 0.6) is 0 Å². The van der Waals surface area contributed by atoms with Crippen molar-refractivity contribution >= 4 is 95.6 Å². The van der Waals surface area contributed by atoms with Crippen molar-refractivity contribution in [2.75, 3.05) is 19.8 Å². The average Bonchev–Trinajstić information content (AvgIpc) is 2.26. The zero-order valence-electron chi connectivity index (χ0n) is 10.0. The number of halogens is 6. The van der Waals surface area contributed by atoms with E-state index in [1.54, 1.807) is 0 Å². The summed E-state index contributed by atoms with van der Waals surface area (Å²) in [7, 11) is 0. The molecular formula is C10H16Br6O3. The molecule has 116 valence electrons. The van der Waals surface area contributed by atoms with Crippen LogP contribution in [0, 0.1) is 0 Å². The first kappa shape index (κ1) is 21.8. The van der Waals surface area contributed by atoms with Gasteiger partial charge in [-0.25, -0.2) is 0 Å². The van der Waals surface area contributed by atoms with E-state index in [0.29, 0.717) is 19.8 Å². The molecule has 3 nitrogen and oxygen atoms in total. The van der Waals surface area contributed by atoms with E-state index in [-0.39, 0.29) is 11.2 Å². The van der Waals surface area contributed by atoms with Gasteiger partial charge < -0.3 is 14.2 Å². The lowest BCUT2D eigenvalue weighted by Gasteiger charge is -2.19. The fourth-order valence-corrected chi connectivity index (χ4v) is 2.03. The maximum atomic E-state index is 5.55. The first-order valence-electron chi connectivity index (χ1n) is 5.61. The van der Waals surface area contributed by atoms with E-state index in [0.717, 1.165) is 19.3 Å². The predicted molar refractivity (Wildman–Crippen MR) is 100 cm³/mol. The molecule has 0 atom stereocenters. The summed E-state index contributed by atoms with van der Waals surface area (Å²) in [5, 5.41) is 0. The van der Waals surface area contributed by atoms with E-state index < -0.39 is 6.48 Å². The molecule has 0 unspecified atom stereocenters. The number of hydrogen-bond donors (Lipinski definition) is 0. The van der Waals surface area contributed by atoms with Crippen molar-refractivity contribution in [3.05, 3.63) is 0 Å². The molecule has 9 heteroatoms. The van der Waals surface area contributed by atoms with Gasteiger partial charge in [0.15, 0.2) is 0 Å². The van der Waals surface area contributed by atoms with Crippen LogP contribution in [-0.4, -0.2) is 37.5 Å².